The van der Waals surface area contributed by atoms with Gasteiger partial charge in [0.1, 0.15) is 16.5 Å². The van der Waals surface area contributed by atoms with Crippen molar-refractivity contribution >= 4 is 36.0 Å². The molecule has 0 spiro atoms. The monoisotopic (exact) mass is 392 g/mol. The Kier molecular flexibility index (Phi) is 5.61. The van der Waals surface area contributed by atoms with Crippen LogP contribution < -0.4 is 9.44 Å². The molecule has 0 heterocycles. The number of rotatable bonds is 6. The Morgan fingerprint density at radius 1 is 1.10 bits per heavy atom. The van der Waals surface area contributed by atoms with Crippen LogP contribution in [0.4, 0.5) is 8.78 Å². The third-order valence-electron chi connectivity index (χ3n) is 2.01. The second-order valence-corrected chi connectivity index (χ2v) is 8.15. The number of halogens is 3. The molecule has 0 atom stereocenters. The van der Waals surface area contributed by atoms with E-state index < -0.39 is 36.6 Å². The molecule has 0 aliphatic carbocycles. The predicted octanol–water partition coefficient (Wildman–Crippen LogP) is 0.555. The third-order valence-corrected chi connectivity index (χ3v) is 5.17. The Hall–Kier alpha value is -0.620. The molecule has 0 amide bonds. The van der Waals surface area contributed by atoms with Crippen molar-refractivity contribution < 1.29 is 25.6 Å². The van der Waals surface area contributed by atoms with Crippen LogP contribution in [0, 0.1) is 11.6 Å². The molecule has 20 heavy (non-hydrogen) atoms. The summed E-state index contributed by atoms with van der Waals surface area (Å²) in [6, 6.07) is 1.25. The fourth-order valence-corrected chi connectivity index (χ4v) is 3.95. The summed E-state index contributed by atoms with van der Waals surface area (Å²) < 4.78 is 75.4. The van der Waals surface area contributed by atoms with Gasteiger partial charge < -0.3 is 0 Å². The lowest BCUT2D eigenvalue weighted by molar-refractivity contribution is 0.539. The molecule has 0 radical (unpaired) electrons. The van der Waals surface area contributed by atoms with Crippen LogP contribution in [0.25, 0.3) is 0 Å². The fraction of sp³-hybridized carbons (Fsp3) is 0.333. The van der Waals surface area contributed by atoms with Crippen LogP contribution >= 0.6 is 15.9 Å². The Bertz CT molecular complexity index is 684. The van der Waals surface area contributed by atoms with Crippen LogP contribution in [0.15, 0.2) is 21.5 Å². The minimum absolute atomic E-state index is 0.196. The first kappa shape index (κ1) is 17.4. The van der Waals surface area contributed by atoms with Gasteiger partial charge in [0.15, 0.2) is 0 Å². The second-order valence-electron chi connectivity index (χ2n) is 3.76. The fourth-order valence-electron chi connectivity index (χ4n) is 1.28. The minimum atomic E-state index is -4.23. The van der Waals surface area contributed by atoms with E-state index in [-0.39, 0.29) is 17.6 Å². The number of hydrogen-bond acceptors (Lipinski definition) is 4. The van der Waals surface area contributed by atoms with Crippen molar-refractivity contribution in [3.8, 4) is 0 Å². The molecule has 1 aromatic carbocycles. The van der Waals surface area contributed by atoms with Crippen LogP contribution in [0.2, 0.25) is 0 Å². The first-order valence-electron chi connectivity index (χ1n) is 5.12. The summed E-state index contributed by atoms with van der Waals surface area (Å²) in [6.07, 6.45) is 0.914. The lowest BCUT2D eigenvalue weighted by atomic mass is 10.3. The van der Waals surface area contributed by atoms with Gasteiger partial charge in [0.05, 0.1) is 6.26 Å². The lowest BCUT2D eigenvalue weighted by Gasteiger charge is -2.09. The zero-order chi connectivity index (χ0) is 15.6. The third kappa shape index (κ3) is 5.05. The van der Waals surface area contributed by atoms with Crippen molar-refractivity contribution in [3.63, 3.8) is 0 Å². The Balaban J connectivity index is 2.85. The van der Waals surface area contributed by atoms with Crippen LogP contribution in [0.3, 0.4) is 0 Å². The van der Waals surface area contributed by atoms with Gasteiger partial charge in [0.2, 0.25) is 20.0 Å². The standard InChI is InChI=1S/C9H11BrF2N2O4S2/c1-19(15,16)13-2-3-14-20(17,18)9-7(10)4-6(11)5-8(9)12/h4-5,13-14H,2-3H2,1H3. The van der Waals surface area contributed by atoms with Crippen LogP contribution in [-0.2, 0) is 20.0 Å². The molecule has 0 unspecified atom stereocenters. The van der Waals surface area contributed by atoms with Crippen molar-refractivity contribution in [2.45, 2.75) is 4.90 Å². The summed E-state index contributed by atoms with van der Waals surface area (Å²) in [6.45, 7) is -0.475. The first-order chi connectivity index (χ1) is 9.03. The van der Waals surface area contributed by atoms with Gasteiger partial charge in [0.25, 0.3) is 0 Å². The van der Waals surface area contributed by atoms with Gasteiger partial charge in [-0.1, -0.05) is 0 Å². The number of sulfonamides is 2. The van der Waals surface area contributed by atoms with Crippen molar-refractivity contribution in [3.05, 3.63) is 28.2 Å². The first-order valence-corrected chi connectivity index (χ1v) is 9.28. The van der Waals surface area contributed by atoms with Gasteiger partial charge in [0, 0.05) is 23.6 Å². The zero-order valence-electron chi connectivity index (χ0n) is 10.2. The maximum Gasteiger partial charge on any atom is 0.244 e. The topological polar surface area (TPSA) is 92.3 Å². The van der Waals surface area contributed by atoms with E-state index in [0.717, 1.165) is 12.3 Å². The minimum Gasteiger partial charge on any atom is -0.214 e. The molecule has 0 aromatic heterocycles. The van der Waals surface area contributed by atoms with E-state index in [1.54, 1.807) is 0 Å². The maximum absolute atomic E-state index is 13.5. The summed E-state index contributed by atoms with van der Waals surface area (Å²) in [5, 5.41) is 0. The maximum atomic E-state index is 13.5. The summed E-state index contributed by atoms with van der Waals surface area (Å²) >= 11 is 2.76. The van der Waals surface area contributed by atoms with Crippen molar-refractivity contribution in [1.29, 1.82) is 0 Å². The van der Waals surface area contributed by atoms with Crippen molar-refractivity contribution in [2.75, 3.05) is 19.3 Å². The van der Waals surface area contributed by atoms with E-state index in [9.17, 15) is 25.6 Å². The average Bonchev–Trinajstić information content (AvgIpc) is 2.21. The molecule has 0 fully saturated rings. The van der Waals surface area contributed by atoms with Gasteiger partial charge in [-0.3, -0.25) is 0 Å². The van der Waals surface area contributed by atoms with Gasteiger partial charge in [-0.15, -0.1) is 0 Å². The van der Waals surface area contributed by atoms with E-state index in [2.05, 4.69) is 20.7 Å². The van der Waals surface area contributed by atoms with E-state index in [4.69, 9.17) is 0 Å². The molecular formula is C9H11BrF2N2O4S2. The number of benzene rings is 1. The van der Waals surface area contributed by atoms with Crippen molar-refractivity contribution in [2.24, 2.45) is 0 Å². The highest BCUT2D eigenvalue weighted by Crippen LogP contribution is 2.25. The Labute approximate surface area is 123 Å². The number of nitrogens with one attached hydrogen (secondary N) is 2. The molecule has 0 saturated carbocycles. The molecule has 11 heteroatoms. The van der Waals surface area contributed by atoms with E-state index >= 15 is 0 Å². The largest absolute Gasteiger partial charge is 0.244 e. The molecule has 6 nitrogen and oxygen atoms in total. The van der Waals surface area contributed by atoms with E-state index in [1.165, 1.54) is 0 Å². The zero-order valence-corrected chi connectivity index (χ0v) is 13.4. The molecule has 0 aliphatic rings. The van der Waals surface area contributed by atoms with Gasteiger partial charge in [-0.05, 0) is 22.0 Å². The molecule has 1 aromatic rings. The molecule has 114 valence electrons. The van der Waals surface area contributed by atoms with Crippen LogP contribution in [-0.4, -0.2) is 36.2 Å². The normalized spacial score (nSPS) is 12.6. The van der Waals surface area contributed by atoms with Crippen LogP contribution in [0.1, 0.15) is 0 Å². The quantitative estimate of drug-likeness (QED) is 0.691. The molecule has 0 bridgehead atoms. The van der Waals surface area contributed by atoms with E-state index in [0.29, 0.717) is 6.07 Å². The lowest BCUT2D eigenvalue weighted by Crippen LogP contribution is -2.34. The molecule has 1 rings (SSSR count). The van der Waals surface area contributed by atoms with Crippen molar-refractivity contribution in [1.82, 2.24) is 9.44 Å². The second kappa shape index (κ2) is 6.43. The summed E-state index contributed by atoms with van der Waals surface area (Å²) in [5.74, 6) is -2.17. The Morgan fingerprint density at radius 2 is 1.65 bits per heavy atom. The highest BCUT2D eigenvalue weighted by molar-refractivity contribution is 9.10. The average molecular weight is 393 g/mol. The summed E-state index contributed by atoms with van der Waals surface area (Å²) in [5.41, 5.74) is 0. The van der Waals surface area contributed by atoms with Gasteiger partial charge >= 0.3 is 0 Å². The molecular weight excluding hydrogens is 382 g/mol. The highest BCUT2D eigenvalue weighted by Gasteiger charge is 2.23. The SMILES string of the molecule is CS(=O)(=O)NCCNS(=O)(=O)c1c(F)cc(F)cc1Br. The van der Waals surface area contributed by atoms with E-state index in [1.807, 2.05) is 4.72 Å². The summed E-state index contributed by atoms with van der Waals surface area (Å²) in [4.78, 5) is -0.738. The predicted molar refractivity (Wildman–Crippen MR) is 72.1 cm³/mol. The smallest absolute Gasteiger partial charge is 0.214 e. The van der Waals surface area contributed by atoms with Crippen LogP contribution in [0.5, 0.6) is 0 Å². The Morgan fingerprint density at radius 3 is 2.15 bits per heavy atom. The summed E-state index contributed by atoms with van der Waals surface area (Å²) in [7, 11) is -7.68. The van der Waals surface area contributed by atoms with Gasteiger partial charge in [-0.2, -0.15) is 0 Å². The highest BCUT2D eigenvalue weighted by atomic mass is 79.9. The number of hydrogen-bond donors (Lipinski definition) is 2. The van der Waals surface area contributed by atoms with Gasteiger partial charge in [-0.25, -0.2) is 35.1 Å². The molecule has 2 N–H and O–H groups in total. The molecule has 0 saturated heterocycles. The molecule has 0 aliphatic heterocycles.